The summed E-state index contributed by atoms with van der Waals surface area (Å²) in [6.07, 6.45) is 4.50. The van der Waals surface area contributed by atoms with Gasteiger partial charge in [0.15, 0.2) is 0 Å². The highest BCUT2D eigenvalue weighted by atomic mass is 35.5. The Kier molecular flexibility index (Phi) is 11.0. The first-order chi connectivity index (χ1) is 10.6. The Labute approximate surface area is 157 Å². The van der Waals surface area contributed by atoms with Crippen LogP contribution >= 0.6 is 24.8 Å². The summed E-state index contributed by atoms with van der Waals surface area (Å²) in [6.45, 7) is 7.59. The molecule has 0 aromatic carbocycles. The van der Waals surface area contributed by atoms with E-state index in [0.717, 1.165) is 44.8 Å². The number of rotatable bonds is 6. The summed E-state index contributed by atoms with van der Waals surface area (Å²) in [7, 11) is 0. The van der Waals surface area contributed by atoms with Gasteiger partial charge < -0.3 is 15.5 Å². The zero-order valence-corrected chi connectivity index (χ0v) is 16.2. The fourth-order valence-corrected chi connectivity index (χ4v) is 3.01. The third-order valence-electron chi connectivity index (χ3n) is 4.30. The monoisotopic (exact) mass is 376 g/mol. The number of aromatic nitrogens is 1. The predicted octanol–water partition coefficient (Wildman–Crippen LogP) is 2.73. The van der Waals surface area contributed by atoms with E-state index in [-0.39, 0.29) is 36.8 Å². The van der Waals surface area contributed by atoms with Crippen molar-refractivity contribution in [3.63, 3.8) is 0 Å². The maximum Gasteiger partial charge on any atom is 0.224 e. The van der Waals surface area contributed by atoms with Crippen molar-refractivity contribution in [2.24, 2.45) is 11.7 Å². The Bertz CT molecular complexity index is 465. The number of amides is 1. The first-order valence-electron chi connectivity index (χ1n) is 8.29. The average Bonchev–Trinajstić information content (AvgIpc) is 2.53. The van der Waals surface area contributed by atoms with Gasteiger partial charge in [0.1, 0.15) is 5.82 Å². The number of pyridine rings is 1. The van der Waals surface area contributed by atoms with Crippen LogP contribution in [0.4, 0.5) is 5.82 Å². The molecular weight excluding hydrogens is 347 g/mol. The highest BCUT2D eigenvalue weighted by Crippen LogP contribution is 2.22. The van der Waals surface area contributed by atoms with E-state index in [0.29, 0.717) is 12.3 Å². The van der Waals surface area contributed by atoms with E-state index in [1.807, 2.05) is 37.1 Å². The summed E-state index contributed by atoms with van der Waals surface area (Å²) in [5.41, 5.74) is 5.74. The second-order valence-corrected chi connectivity index (χ2v) is 6.23. The number of hydrogen-bond acceptors (Lipinski definition) is 4. The predicted molar refractivity (Wildman–Crippen MR) is 104 cm³/mol. The molecule has 0 spiro atoms. The molecule has 0 radical (unpaired) electrons. The van der Waals surface area contributed by atoms with Crippen LogP contribution < -0.4 is 10.6 Å². The molecule has 2 rings (SSSR count). The number of anilines is 1. The third kappa shape index (κ3) is 6.83. The molecule has 7 heteroatoms. The van der Waals surface area contributed by atoms with Gasteiger partial charge in [-0.15, -0.1) is 24.8 Å². The molecule has 24 heavy (non-hydrogen) atoms. The zero-order valence-electron chi connectivity index (χ0n) is 14.6. The molecule has 0 bridgehead atoms. The van der Waals surface area contributed by atoms with Crippen molar-refractivity contribution in [1.82, 2.24) is 9.88 Å². The molecule has 138 valence electrons. The van der Waals surface area contributed by atoms with E-state index in [2.05, 4.69) is 16.0 Å². The SMILES string of the molecule is CCN(CC1CCN(c2ccccn2)CC1)C(=O)CC(C)N.Cl.Cl. The lowest BCUT2D eigenvalue weighted by atomic mass is 9.96. The minimum atomic E-state index is -0.0625. The maximum absolute atomic E-state index is 12.2. The Hall–Kier alpha value is -1.04. The second kappa shape index (κ2) is 11.5. The molecule has 2 heterocycles. The molecule has 2 N–H and O–H groups in total. The molecule has 1 unspecified atom stereocenters. The summed E-state index contributed by atoms with van der Waals surface area (Å²) >= 11 is 0. The van der Waals surface area contributed by atoms with Gasteiger partial charge in [0.05, 0.1) is 0 Å². The molecule has 1 aliphatic heterocycles. The summed E-state index contributed by atoms with van der Waals surface area (Å²) in [6, 6.07) is 5.97. The maximum atomic E-state index is 12.2. The average molecular weight is 377 g/mol. The van der Waals surface area contributed by atoms with Crippen LogP contribution in [0.25, 0.3) is 0 Å². The van der Waals surface area contributed by atoms with Crippen molar-refractivity contribution < 1.29 is 4.79 Å². The highest BCUT2D eigenvalue weighted by Gasteiger charge is 2.23. The van der Waals surface area contributed by atoms with Crippen LogP contribution in [0.3, 0.4) is 0 Å². The number of nitrogens with zero attached hydrogens (tertiary/aromatic N) is 3. The Morgan fingerprint density at radius 2 is 2.04 bits per heavy atom. The summed E-state index contributed by atoms with van der Waals surface area (Å²) in [5.74, 6) is 1.82. The van der Waals surface area contributed by atoms with E-state index in [9.17, 15) is 4.79 Å². The molecule has 1 amide bonds. The fraction of sp³-hybridized carbons (Fsp3) is 0.647. The minimum absolute atomic E-state index is 0. The fourth-order valence-electron chi connectivity index (χ4n) is 3.01. The molecule has 1 fully saturated rings. The number of nitrogens with two attached hydrogens (primary N) is 1. The molecule has 1 saturated heterocycles. The molecule has 1 aromatic rings. The Balaban J connectivity index is 0.00000264. The van der Waals surface area contributed by atoms with Gasteiger partial charge in [0, 0.05) is 44.8 Å². The molecule has 1 atom stereocenters. The Morgan fingerprint density at radius 1 is 1.38 bits per heavy atom. The summed E-state index contributed by atoms with van der Waals surface area (Å²) in [5, 5.41) is 0. The van der Waals surface area contributed by atoms with Crippen LogP contribution in [0.1, 0.15) is 33.1 Å². The van der Waals surface area contributed by atoms with Crippen LogP contribution in [0.15, 0.2) is 24.4 Å². The second-order valence-electron chi connectivity index (χ2n) is 6.23. The van der Waals surface area contributed by atoms with Gasteiger partial charge in [-0.2, -0.15) is 0 Å². The minimum Gasteiger partial charge on any atom is -0.357 e. The molecular formula is C17H30Cl2N4O. The first kappa shape index (κ1) is 23.0. The van der Waals surface area contributed by atoms with Crippen molar-refractivity contribution in [1.29, 1.82) is 0 Å². The van der Waals surface area contributed by atoms with Crippen molar-refractivity contribution in [2.75, 3.05) is 31.1 Å². The van der Waals surface area contributed by atoms with Crippen LogP contribution in [-0.4, -0.2) is 48.0 Å². The van der Waals surface area contributed by atoms with Crippen LogP contribution in [0.2, 0.25) is 0 Å². The topological polar surface area (TPSA) is 62.5 Å². The summed E-state index contributed by atoms with van der Waals surface area (Å²) < 4.78 is 0. The van der Waals surface area contributed by atoms with E-state index in [1.165, 1.54) is 0 Å². The van der Waals surface area contributed by atoms with Gasteiger partial charge in [0.2, 0.25) is 5.91 Å². The van der Waals surface area contributed by atoms with Gasteiger partial charge in [-0.1, -0.05) is 6.07 Å². The molecule has 5 nitrogen and oxygen atoms in total. The van der Waals surface area contributed by atoms with Crippen LogP contribution in [0.5, 0.6) is 0 Å². The molecule has 1 aromatic heterocycles. The van der Waals surface area contributed by atoms with E-state index in [1.54, 1.807) is 0 Å². The van der Waals surface area contributed by atoms with Gasteiger partial charge >= 0.3 is 0 Å². The number of hydrogen-bond donors (Lipinski definition) is 1. The van der Waals surface area contributed by atoms with E-state index in [4.69, 9.17) is 5.73 Å². The van der Waals surface area contributed by atoms with E-state index < -0.39 is 0 Å². The number of carbonyl (C=O) groups excluding carboxylic acids is 1. The van der Waals surface area contributed by atoms with E-state index >= 15 is 0 Å². The molecule has 0 saturated carbocycles. The van der Waals surface area contributed by atoms with Crippen molar-refractivity contribution in [3.8, 4) is 0 Å². The zero-order chi connectivity index (χ0) is 15.9. The van der Waals surface area contributed by atoms with Gasteiger partial charge in [-0.25, -0.2) is 4.98 Å². The number of halogens is 2. The van der Waals surface area contributed by atoms with Crippen molar-refractivity contribution in [3.05, 3.63) is 24.4 Å². The Morgan fingerprint density at radius 3 is 2.54 bits per heavy atom. The highest BCUT2D eigenvalue weighted by molar-refractivity contribution is 5.85. The quantitative estimate of drug-likeness (QED) is 0.828. The van der Waals surface area contributed by atoms with Gasteiger partial charge in [-0.3, -0.25) is 4.79 Å². The largest absolute Gasteiger partial charge is 0.357 e. The van der Waals surface area contributed by atoms with Gasteiger partial charge in [0.25, 0.3) is 0 Å². The van der Waals surface area contributed by atoms with Crippen LogP contribution in [0, 0.1) is 5.92 Å². The standard InChI is InChI=1S/C17H28N4O.2ClH/c1-3-20(17(22)12-14(2)18)13-15-7-10-21(11-8-15)16-6-4-5-9-19-16;;/h4-6,9,14-15H,3,7-8,10-13,18H2,1-2H3;2*1H. The summed E-state index contributed by atoms with van der Waals surface area (Å²) in [4.78, 5) is 20.9. The third-order valence-corrected chi connectivity index (χ3v) is 4.30. The number of carbonyl (C=O) groups is 1. The normalized spacial score (nSPS) is 15.9. The lowest BCUT2D eigenvalue weighted by Gasteiger charge is -2.35. The molecule has 0 aliphatic carbocycles. The van der Waals surface area contributed by atoms with Gasteiger partial charge in [-0.05, 0) is 44.7 Å². The van der Waals surface area contributed by atoms with Crippen molar-refractivity contribution in [2.45, 2.75) is 39.2 Å². The smallest absolute Gasteiger partial charge is 0.224 e. The first-order valence-corrected chi connectivity index (χ1v) is 8.29. The van der Waals surface area contributed by atoms with Crippen molar-refractivity contribution >= 4 is 36.5 Å². The molecule has 1 aliphatic rings. The van der Waals surface area contributed by atoms with Crippen LogP contribution in [-0.2, 0) is 4.79 Å². The lowest BCUT2D eigenvalue weighted by molar-refractivity contribution is -0.132. The lowest BCUT2D eigenvalue weighted by Crippen LogP contribution is -2.42. The number of piperidine rings is 1.